The van der Waals surface area contributed by atoms with Crippen LogP contribution in [0.15, 0.2) is 212 Å². The molecular formula is C56H41N. The van der Waals surface area contributed by atoms with Gasteiger partial charge in [0, 0.05) is 17.1 Å². The summed E-state index contributed by atoms with van der Waals surface area (Å²) in [5, 5.41) is 7.49. The number of aryl methyl sites for hydroxylation is 2. The quantitative estimate of drug-likeness (QED) is 0.148. The molecule has 10 aromatic carbocycles. The van der Waals surface area contributed by atoms with Crippen LogP contribution in [0.4, 0.5) is 17.1 Å². The second kappa shape index (κ2) is 14.5. The van der Waals surface area contributed by atoms with E-state index in [4.69, 9.17) is 0 Å². The van der Waals surface area contributed by atoms with E-state index in [1.165, 1.54) is 88.0 Å². The largest absolute Gasteiger partial charge is 0.310 e. The van der Waals surface area contributed by atoms with Crippen molar-refractivity contribution in [1.29, 1.82) is 0 Å². The molecule has 0 saturated carbocycles. The van der Waals surface area contributed by atoms with E-state index in [0.29, 0.717) is 0 Å². The summed E-state index contributed by atoms with van der Waals surface area (Å²) >= 11 is 0. The minimum Gasteiger partial charge on any atom is -0.310 e. The van der Waals surface area contributed by atoms with Crippen LogP contribution in [0.3, 0.4) is 0 Å². The third-order valence-electron chi connectivity index (χ3n) is 11.3. The van der Waals surface area contributed by atoms with Gasteiger partial charge in [0.15, 0.2) is 0 Å². The fourth-order valence-corrected chi connectivity index (χ4v) is 8.71. The summed E-state index contributed by atoms with van der Waals surface area (Å²) in [6.45, 7) is 4.33. The van der Waals surface area contributed by atoms with E-state index >= 15 is 0 Å². The zero-order valence-electron chi connectivity index (χ0n) is 32.2. The summed E-state index contributed by atoms with van der Waals surface area (Å²) in [6.07, 6.45) is 0. The molecule has 0 aromatic heterocycles. The van der Waals surface area contributed by atoms with E-state index in [1.807, 2.05) is 0 Å². The maximum absolute atomic E-state index is 2.45. The second-order valence-corrected chi connectivity index (χ2v) is 15.1. The molecule has 1 nitrogen and oxygen atoms in total. The Labute approximate surface area is 334 Å². The minimum atomic E-state index is 1.13. The summed E-state index contributed by atoms with van der Waals surface area (Å²) in [5.41, 5.74) is 15.6. The maximum Gasteiger partial charge on any atom is 0.0468 e. The van der Waals surface area contributed by atoms with Gasteiger partial charge in [0.25, 0.3) is 0 Å². The highest BCUT2D eigenvalue weighted by molar-refractivity contribution is 6.33. The average molecular weight is 728 g/mol. The highest BCUT2D eigenvalue weighted by Gasteiger charge is 2.23. The second-order valence-electron chi connectivity index (χ2n) is 15.1. The van der Waals surface area contributed by atoms with Gasteiger partial charge in [0.1, 0.15) is 0 Å². The molecule has 0 heterocycles. The average Bonchev–Trinajstić information content (AvgIpc) is 3.27. The Bertz CT molecular complexity index is 3010. The van der Waals surface area contributed by atoms with Gasteiger partial charge in [-0.3, -0.25) is 0 Å². The third-order valence-corrected chi connectivity index (χ3v) is 11.3. The summed E-state index contributed by atoms with van der Waals surface area (Å²) < 4.78 is 0. The van der Waals surface area contributed by atoms with Crippen molar-refractivity contribution >= 4 is 49.4 Å². The van der Waals surface area contributed by atoms with Crippen LogP contribution in [0.25, 0.3) is 76.8 Å². The molecule has 1 heteroatoms. The highest BCUT2D eigenvalue weighted by Crippen LogP contribution is 2.50. The fourth-order valence-electron chi connectivity index (χ4n) is 8.71. The lowest BCUT2D eigenvalue weighted by atomic mass is 9.81. The molecule has 0 bridgehead atoms. The number of hydrogen-bond donors (Lipinski definition) is 0. The zero-order valence-corrected chi connectivity index (χ0v) is 32.2. The Morgan fingerprint density at radius 3 is 1.37 bits per heavy atom. The predicted molar refractivity (Wildman–Crippen MR) is 245 cm³/mol. The van der Waals surface area contributed by atoms with Crippen LogP contribution in [-0.4, -0.2) is 0 Å². The molecule has 0 aliphatic carbocycles. The molecule has 0 radical (unpaired) electrons. The van der Waals surface area contributed by atoms with Crippen LogP contribution in [0.2, 0.25) is 0 Å². The lowest BCUT2D eigenvalue weighted by Crippen LogP contribution is -2.10. The normalized spacial score (nSPS) is 11.3. The maximum atomic E-state index is 2.45. The van der Waals surface area contributed by atoms with Crippen LogP contribution < -0.4 is 4.90 Å². The van der Waals surface area contributed by atoms with Crippen LogP contribution in [0.1, 0.15) is 11.1 Å². The zero-order chi connectivity index (χ0) is 38.3. The molecule has 270 valence electrons. The van der Waals surface area contributed by atoms with E-state index < -0.39 is 0 Å². The van der Waals surface area contributed by atoms with Crippen LogP contribution in [-0.2, 0) is 0 Å². The van der Waals surface area contributed by atoms with E-state index in [9.17, 15) is 0 Å². The molecule has 0 aliphatic heterocycles. The SMILES string of the molecule is Cc1cccc(N(c2cccc(C)c2)c2ccc3c(c2)c2ccccc2c2c(-c4ccccc4)cc(-c4ccc(-c5ccccc5)cc4)c(-c4ccccc4)c32)c1. The molecule has 0 atom stereocenters. The summed E-state index contributed by atoms with van der Waals surface area (Å²) in [4.78, 5) is 2.40. The number of hydrogen-bond acceptors (Lipinski definition) is 1. The number of fused-ring (bicyclic) bond motifs is 6. The molecule has 57 heavy (non-hydrogen) atoms. The molecule has 0 amide bonds. The van der Waals surface area contributed by atoms with Gasteiger partial charge in [-0.1, -0.05) is 170 Å². The molecular weight excluding hydrogens is 687 g/mol. The van der Waals surface area contributed by atoms with Crippen molar-refractivity contribution in [1.82, 2.24) is 0 Å². The Hall–Kier alpha value is -7.22. The predicted octanol–water partition coefficient (Wildman–Crippen LogP) is 15.9. The standard InChI is InChI=1S/C56H41N/c1-38-16-14-24-45(34-38)57(46-25-15-17-39(2)35-46)47-32-33-50-53(36-47)48-26-12-13-27-49(48)55-52(42-20-8-4-9-21-42)37-51(54(56(50)55)44-22-10-5-11-23-44)43-30-28-41(29-31-43)40-18-6-3-7-19-40/h3-37H,1-2H3. The Morgan fingerprint density at radius 1 is 0.281 bits per heavy atom. The van der Waals surface area contributed by atoms with Crippen LogP contribution in [0.5, 0.6) is 0 Å². The molecule has 0 fully saturated rings. The van der Waals surface area contributed by atoms with Crippen LogP contribution in [0, 0.1) is 13.8 Å². The van der Waals surface area contributed by atoms with E-state index in [1.54, 1.807) is 0 Å². The molecule has 10 rings (SSSR count). The monoisotopic (exact) mass is 727 g/mol. The number of rotatable bonds is 7. The van der Waals surface area contributed by atoms with Crippen LogP contribution >= 0.6 is 0 Å². The molecule has 0 spiro atoms. The van der Waals surface area contributed by atoms with Crippen molar-refractivity contribution in [2.75, 3.05) is 4.90 Å². The minimum absolute atomic E-state index is 1.13. The summed E-state index contributed by atoms with van der Waals surface area (Å²) in [7, 11) is 0. The van der Waals surface area contributed by atoms with Gasteiger partial charge in [0.05, 0.1) is 0 Å². The number of nitrogens with zero attached hydrogens (tertiary/aromatic N) is 1. The van der Waals surface area contributed by atoms with Gasteiger partial charge >= 0.3 is 0 Å². The smallest absolute Gasteiger partial charge is 0.0468 e. The first kappa shape index (κ1) is 34.3. The summed E-state index contributed by atoms with van der Waals surface area (Å²) in [5.74, 6) is 0. The highest BCUT2D eigenvalue weighted by atomic mass is 15.1. The van der Waals surface area contributed by atoms with Crippen molar-refractivity contribution in [2.24, 2.45) is 0 Å². The van der Waals surface area contributed by atoms with Crippen molar-refractivity contribution < 1.29 is 0 Å². The Kier molecular flexibility index (Phi) is 8.69. The van der Waals surface area contributed by atoms with Gasteiger partial charge in [-0.25, -0.2) is 0 Å². The molecule has 0 unspecified atom stereocenters. The lowest BCUT2D eigenvalue weighted by Gasteiger charge is -2.27. The van der Waals surface area contributed by atoms with Gasteiger partial charge in [0.2, 0.25) is 0 Å². The fraction of sp³-hybridized carbons (Fsp3) is 0.0357. The van der Waals surface area contributed by atoms with Crippen molar-refractivity contribution in [3.05, 3.63) is 223 Å². The van der Waals surface area contributed by atoms with Crippen molar-refractivity contribution in [3.8, 4) is 44.5 Å². The molecule has 10 aromatic rings. The number of anilines is 3. The molecule has 0 saturated heterocycles. The summed E-state index contributed by atoms with van der Waals surface area (Å²) in [6, 6.07) is 77.9. The Morgan fingerprint density at radius 2 is 0.754 bits per heavy atom. The molecule has 0 aliphatic rings. The topological polar surface area (TPSA) is 3.24 Å². The van der Waals surface area contributed by atoms with E-state index in [2.05, 4.69) is 231 Å². The molecule has 0 N–H and O–H groups in total. The van der Waals surface area contributed by atoms with Crippen molar-refractivity contribution in [2.45, 2.75) is 13.8 Å². The van der Waals surface area contributed by atoms with Gasteiger partial charge in [-0.05, 0) is 144 Å². The van der Waals surface area contributed by atoms with Gasteiger partial charge in [-0.15, -0.1) is 0 Å². The first-order valence-electron chi connectivity index (χ1n) is 19.8. The van der Waals surface area contributed by atoms with Crippen molar-refractivity contribution in [3.63, 3.8) is 0 Å². The third kappa shape index (κ3) is 6.24. The van der Waals surface area contributed by atoms with E-state index in [-0.39, 0.29) is 0 Å². The first-order valence-corrected chi connectivity index (χ1v) is 19.8. The number of benzene rings is 10. The first-order chi connectivity index (χ1) is 28.1. The Balaban J connectivity index is 1.33. The van der Waals surface area contributed by atoms with Gasteiger partial charge in [-0.2, -0.15) is 0 Å². The van der Waals surface area contributed by atoms with E-state index in [0.717, 1.165) is 17.1 Å². The lowest BCUT2D eigenvalue weighted by molar-refractivity contribution is 1.26. The van der Waals surface area contributed by atoms with Gasteiger partial charge < -0.3 is 4.90 Å².